The molecule has 0 saturated carbocycles. The van der Waals surface area contributed by atoms with Crippen molar-refractivity contribution in [3.05, 3.63) is 22.4 Å². The zero-order chi connectivity index (χ0) is 11.4. The fourth-order valence-corrected chi connectivity index (χ4v) is 3.28. The molecule has 1 aliphatic heterocycles. The zero-order valence-electron chi connectivity index (χ0n) is 10.2. The minimum Gasteiger partial charge on any atom is -0.315 e. The predicted molar refractivity (Wildman–Crippen MR) is 70.9 cm³/mol. The van der Waals surface area contributed by atoms with E-state index in [9.17, 15) is 0 Å². The quantitative estimate of drug-likeness (QED) is 0.843. The van der Waals surface area contributed by atoms with Crippen molar-refractivity contribution in [2.45, 2.75) is 38.8 Å². The summed E-state index contributed by atoms with van der Waals surface area (Å²) in [7, 11) is 0. The van der Waals surface area contributed by atoms with Crippen molar-refractivity contribution in [2.24, 2.45) is 5.92 Å². The van der Waals surface area contributed by atoms with E-state index in [4.69, 9.17) is 0 Å². The summed E-state index contributed by atoms with van der Waals surface area (Å²) in [6, 6.07) is 5.56. The molecular formula is C13H22N2S. The lowest BCUT2D eigenvalue weighted by molar-refractivity contribution is 0.314. The Bertz CT molecular complexity index is 289. The van der Waals surface area contributed by atoms with Gasteiger partial charge in [-0.3, -0.25) is 0 Å². The summed E-state index contributed by atoms with van der Waals surface area (Å²) in [6.45, 7) is 6.90. The van der Waals surface area contributed by atoms with E-state index in [2.05, 4.69) is 42.0 Å². The van der Waals surface area contributed by atoms with Crippen molar-refractivity contribution in [1.29, 1.82) is 0 Å². The van der Waals surface area contributed by atoms with Crippen LogP contribution in [0.5, 0.6) is 0 Å². The lowest BCUT2D eigenvalue weighted by Gasteiger charge is -2.30. The van der Waals surface area contributed by atoms with Crippen LogP contribution in [0.1, 0.15) is 37.6 Å². The average Bonchev–Trinajstić information content (AvgIpc) is 2.80. The van der Waals surface area contributed by atoms with Crippen LogP contribution in [-0.2, 0) is 0 Å². The van der Waals surface area contributed by atoms with Gasteiger partial charge in [0.2, 0.25) is 0 Å². The molecule has 1 aromatic heterocycles. The van der Waals surface area contributed by atoms with Gasteiger partial charge >= 0.3 is 0 Å². The molecule has 2 atom stereocenters. The predicted octanol–water partition coefficient (Wildman–Crippen LogP) is 2.79. The molecule has 2 heterocycles. The molecule has 2 unspecified atom stereocenters. The second-order valence-corrected chi connectivity index (χ2v) is 5.93. The summed E-state index contributed by atoms with van der Waals surface area (Å²) >= 11 is 1.87. The lowest BCUT2D eigenvalue weighted by atomic mass is 9.99. The van der Waals surface area contributed by atoms with Crippen LogP contribution in [0.4, 0.5) is 0 Å². The monoisotopic (exact) mass is 238 g/mol. The first-order chi connectivity index (χ1) is 7.77. The van der Waals surface area contributed by atoms with Crippen molar-refractivity contribution >= 4 is 11.3 Å². The first-order valence-corrected chi connectivity index (χ1v) is 7.15. The van der Waals surface area contributed by atoms with Gasteiger partial charge < -0.3 is 10.6 Å². The molecule has 2 N–H and O–H groups in total. The van der Waals surface area contributed by atoms with Crippen molar-refractivity contribution in [3.63, 3.8) is 0 Å². The van der Waals surface area contributed by atoms with Gasteiger partial charge in [0.15, 0.2) is 0 Å². The third-order valence-electron chi connectivity index (χ3n) is 3.23. The highest BCUT2D eigenvalue weighted by molar-refractivity contribution is 7.10. The lowest BCUT2D eigenvalue weighted by Crippen LogP contribution is -2.45. The molecular weight excluding hydrogens is 216 g/mol. The Morgan fingerprint density at radius 1 is 1.50 bits per heavy atom. The summed E-state index contributed by atoms with van der Waals surface area (Å²) in [6.07, 6.45) is 2.61. The van der Waals surface area contributed by atoms with Crippen LogP contribution in [0.2, 0.25) is 0 Å². The van der Waals surface area contributed by atoms with E-state index in [1.54, 1.807) is 0 Å². The summed E-state index contributed by atoms with van der Waals surface area (Å²) in [5.41, 5.74) is 0. The van der Waals surface area contributed by atoms with Crippen LogP contribution in [-0.4, -0.2) is 19.1 Å². The smallest absolute Gasteiger partial charge is 0.0440 e. The van der Waals surface area contributed by atoms with E-state index in [0.29, 0.717) is 18.0 Å². The SMILES string of the molecule is CC(C)C(NC1CCCNC1)c1cccs1. The van der Waals surface area contributed by atoms with Gasteiger partial charge in [0.05, 0.1) is 0 Å². The van der Waals surface area contributed by atoms with Crippen molar-refractivity contribution in [3.8, 4) is 0 Å². The molecule has 3 heteroatoms. The van der Waals surface area contributed by atoms with E-state index in [-0.39, 0.29) is 0 Å². The standard InChI is InChI=1S/C13H22N2S/c1-10(2)13(12-6-4-8-16-12)15-11-5-3-7-14-9-11/h4,6,8,10-11,13-15H,3,5,7,9H2,1-2H3. The molecule has 16 heavy (non-hydrogen) atoms. The maximum atomic E-state index is 3.81. The number of rotatable bonds is 4. The van der Waals surface area contributed by atoms with E-state index in [1.165, 1.54) is 24.3 Å². The Morgan fingerprint density at radius 2 is 2.38 bits per heavy atom. The van der Waals surface area contributed by atoms with Gasteiger partial charge in [-0.05, 0) is 36.8 Å². The Morgan fingerprint density at radius 3 is 2.94 bits per heavy atom. The molecule has 1 fully saturated rings. The van der Waals surface area contributed by atoms with E-state index in [1.807, 2.05) is 11.3 Å². The fraction of sp³-hybridized carbons (Fsp3) is 0.692. The Kier molecular flexibility index (Phi) is 4.38. The highest BCUT2D eigenvalue weighted by atomic mass is 32.1. The Hall–Kier alpha value is -0.380. The Labute approximate surface area is 102 Å². The van der Waals surface area contributed by atoms with Gasteiger partial charge in [-0.25, -0.2) is 0 Å². The number of nitrogens with one attached hydrogen (secondary N) is 2. The number of thiophene rings is 1. The van der Waals surface area contributed by atoms with Gasteiger partial charge in [-0.15, -0.1) is 11.3 Å². The Balaban J connectivity index is 1.97. The third kappa shape index (κ3) is 3.06. The van der Waals surface area contributed by atoms with E-state index >= 15 is 0 Å². The van der Waals surface area contributed by atoms with Crippen molar-refractivity contribution in [1.82, 2.24) is 10.6 Å². The summed E-state index contributed by atoms with van der Waals surface area (Å²) in [5, 5.41) is 9.44. The van der Waals surface area contributed by atoms with Crippen LogP contribution in [0, 0.1) is 5.92 Å². The molecule has 0 aromatic carbocycles. The van der Waals surface area contributed by atoms with Gasteiger partial charge in [-0.2, -0.15) is 0 Å². The molecule has 1 aromatic rings. The fourth-order valence-electron chi connectivity index (χ4n) is 2.32. The van der Waals surface area contributed by atoms with Gasteiger partial charge in [-0.1, -0.05) is 19.9 Å². The third-order valence-corrected chi connectivity index (χ3v) is 4.18. The van der Waals surface area contributed by atoms with Gasteiger partial charge in [0.1, 0.15) is 0 Å². The van der Waals surface area contributed by atoms with Crippen molar-refractivity contribution in [2.75, 3.05) is 13.1 Å². The topological polar surface area (TPSA) is 24.1 Å². The summed E-state index contributed by atoms with van der Waals surface area (Å²) in [5.74, 6) is 0.653. The first-order valence-electron chi connectivity index (χ1n) is 6.27. The average molecular weight is 238 g/mol. The highest BCUT2D eigenvalue weighted by Crippen LogP contribution is 2.26. The molecule has 0 bridgehead atoms. The molecule has 1 aliphatic rings. The molecule has 90 valence electrons. The molecule has 0 amide bonds. The first kappa shape index (κ1) is 12.1. The zero-order valence-corrected chi connectivity index (χ0v) is 11.0. The van der Waals surface area contributed by atoms with Crippen LogP contribution in [0.15, 0.2) is 17.5 Å². The molecule has 0 aliphatic carbocycles. The maximum Gasteiger partial charge on any atom is 0.0440 e. The molecule has 0 spiro atoms. The maximum absolute atomic E-state index is 3.81. The summed E-state index contributed by atoms with van der Waals surface area (Å²) in [4.78, 5) is 1.47. The van der Waals surface area contributed by atoms with Gasteiger partial charge in [0, 0.05) is 23.5 Å². The second kappa shape index (κ2) is 5.80. The molecule has 0 radical (unpaired) electrons. The minimum absolute atomic E-state index is 0.518. The van der Waals surface area contributed by atoms with Crippen molar-refractivity contribution < 1.29 is 0 Å². The normalized spacial score (nSPS) is 23.6. The minimum atomic E-state index is 0.518. The van der Waals surface area contributed by atoms with Crippen LogP contribution in [0.25, 0.3) is 0 Å². The highest BCUT2D eigenvalue weighted by Gasteiger charge is 2.21. The number of piperidine rings is 1. The van der Waals surface area contributed by atoms with E-state index in [0.717, 1.165) is 6.54 Å². The number of hydrogen-bond acceptors (Lipinski definition) is 3. The van der Waals surface area contributed by atoms with Crippen LogP contribution < -0.4 is 10.6 Å². The molecule has 2 rings (SSSR count). The second-order valence-electron chi connectivity index (χ2n) is 4.95. The molecule has 1 saturated heterocycles. The largest absolute Gasteiger partial charge is 0.315 e. The van der Waals surface area contributed by atoms with Crippen LogP contribution in [0.3, 0.4) is 0 Å². The molecule has 2 nitrogen and oxygen atoms in total. The summed E-state index contributed by atoms with van der Waals surface area (Å²) < 4.78 is 0. The van der Waals surface area contributed by atoms with Crippen LogP contribution >= 0.6 is 11.3 Å². The number of hydrogen-bond donors (Lipinski definition) is 2. The van der Waals surface area contributed by atoms with Gasteiger partial charge in [0.25, 0.3) is 0 Å². The van der Waals surface area contributed by atoms with E-state index < -0.39 is 0 Å².